The van der Waals surface area contributed by atoms with Crippen LogP contribution in [0.1, 0.15) is 33.3 Å². The Hall–Kier alpha value is -2.41. The number of hydrogen-bond acceptors (Lipinski definition) is 4. The molecule has 25 heavy (non-hydrogen) atoms. The molecule has 4 N–H and O–H groups in total. The first-order valence-corrected chi connectivity index (χ1v) is 8.42. The van der Waals surface area contributed by atoms with E-state index in [0.29, 0.717) is 18.8 Å². The van der Waals surface area contributed by atoms with Crippen molar-refractivity contribution in [1.82, 2.24) is 10.2 Å². The summed E-state index contributed by atoms with van der Waals surface area (Å²) >= 11 is 0. The van der Waals surface area contributed by atoms with E-state index in [-0.39, 0.29) is 30.2 Å². The van der Waals surface area contributed by atoms with E-state index in [2.05, 4.69) is 10.6 Å². The van der Waals surface area contributed by atoms with Crippen LogP contribution in [0.3, 0.4) is 0 Å². The molecule has 0 heterocycles. The predicted molar refractivity (Wildman–Crippen MR) is 97.7 cm³/mol. The average Bonchev–Trinajstić information content (AvgIpc) is 2.57. The van der Waals surface area contributed by atoms with Gasteiger partial charge in [-0.15, -0.1) is 0 Å². The molecule has 0 aliphatic rings. The fourth-order valence-corrected chi connectivity index (χ4v) is 2.21. The first-order valence-electron chi connectivity index (χ1n) is 8.42. The molecule has 1 aromatic carbocycles. The summed E-state index contributed by atoms with van der Waals surface area (Å²) in [7, 11) is 0. The van der Waals surface area contributed by atoms with Gasteiger partial charge in [0.1, 0.15) is 0 Å². The first-order chi connectivity index (χ1) is 11.8. The van der Waals surface area contributed by atoms with Gasteiger partial charge in [-0.2, -0.15) is 0 Å². The molecule has 0 saturated carbocycles. The molecule has 0 bridgehead atoms. The van der Waals surface area contributed by atoms with E-state index < -0.39 is 6.04 Å². The lowest BCUT2D eigenvalue weighted by Gasteiger charge is -2.21. The molecule has 0 fully saturated rings. The third kappa shape index (κ3) is 6.54. The Kier molecular flexibility index (Phi) is 8.07. The molecule has 1 aromatic rings. The summed E-state index contributed by atoms with van der Waals surface area (Å²) in [6.45, 7) is 7.93. The summed E-state index contributed by atoms with van der Waals surface area (Å²) in [5.41, 5.74) is 7.19. The summed E-state index contributed by atoms with van der Waals surface area (Å²) in [5, 5.41) is 5.30. The van der Waals surface area contributed by atoms with Gasteiger partial charge in [0.15, 0.2) is 0 Å². The van der Waals surface area contributed by atoms with Crippen molar-refractivity contribution in [1.29, 1.82) is 0 Å². The number of nitrogens with zero attached hydrogens (tertiary/aromatic N) is 1. The largest absolute Gasteiger partial charge is 0.346 e. The van der Waals surface area contributed by atoms with E-state index in [1.807, 2.05) is 32.9 Å². The molecule has 7 nitrogen and oxygen atoms in total. The number of hydrogen-bond donors (Lipinski definition) is 3. The molecule has 0 unspecified atom stereocenters. The van der Waals surface area contributed by atoms with Gasteiger partial charge < -0.3 is 21.3 Å². The topological polar surface area (TPSA) is 105 Å². The van der Waals surface area contributed by atoms with Crippen molar-refractivity contribution in [3.63, 3.8) is 0 Å². The highest BCUT2D eigenvalue weighted by Crippen LogP contribution is 2.17. The lowest BCUT2D eigenvalue weighted by atomic mass is 10.1. The molecule has 7 heteroatoms. The fraction of sp³-hybridized carbons (Fsp3) is 0.500. The third-order valence-electron chi connectivity index (χ3n) is 3.92. The van der Waals surface area contributed by atoms with Crippen LogP contribution >= 0.6 is 0 Å². The van der Waals surface area contributed by atoms with Crippen LogP contribution in [0.15, 0.2) is 24.3 Å². The maximum atomic E-state index is 12.1. The number of para-hydroxylation sites is 1. The Morgan fingerprint density at radius 3 is 2.40 bits per heavy atom. The van der Waals surface area contributed by atoms with Gasteiger partial charge in [0, 0.05) is 25.7 Å². The second-order valence-corrected chi connectivity index (χ2v) is 6.23. The van der Waals surface area contributed by atoms with Gasteiger partial charge in [-0.3, -0.25) is 14.4 Å². The zero-order valence-electron chi connectivity index (χ0n) is 15.3. The van der Waals surface area contributed by atoms with Crippen molar-refractivity contribution < 1.29 is 14.4 Å². The molecule has 0 aliphatic heterocycles. The fourth-order valence-electron chi connectivity index (χ4n) is 2.21. The smallest absolute Gasteiger partial charge is 0.243 e. The maximum Gasteiger partial charge on any atom is 0.243 e. The van der Waals surface area contributed by atoms with E-state index >= 15 is 0 Å². The SMILES string of the molecule is CCN(Cc1ccccc1NC(=O)CNC(=O)[C@@H](N)C(C)C)C(C)=O. The maximum absolute atomic E-state index is 12.1. The molecule has 1 atom stereocenters. The molecule has 3 amide bonds. The zero-order valence-corrected chi connectivity index (χ0v) is 15.3. The highest BCUT2D eigenvalue weighted by molar-refractivity contribution is 5.95. The van der Waals surface area contributed by atoms with E-state index in [9.17, 15) is 14.4 Å². The minimum Gasteiger partial charge on any atom is -0.346 e. The van der Waals surface area contributed by atoms with Gasteiger partial charge in [0.05, 0.1) is 12.6 Å². The van der Waals surface area contributed by atoms with E-state index in [0.717, 1.165) is 5.56 Å². The number of amides is 3. The van der Waals surface area contributed by atoms with Crippen molar-refractivity contribution in [3.8, 4) is 0 Å². The number of carbonyl (C=O) groups excluding carboxylic acids is 3. The van der Waals surface area contributed by atoms with Gasteiger partial charge in [-0.25, -0.2) is 0 Å². The van der Waals surface area contributed by atoms with Crippen LogP contribution < -0.4 is 16.4 Å². The van der Waals surface area contributed by atoms with E-state index in [4.69, 9.17) is 5.73 Å². The molecule has 0 radical (unpaired) electrons. The Bertz CT molecular complexity index is 616. The van der Waals surface area contributed by atoms with Crippen LogP contribution in [-0.2, 0) is 20.9 Å². The predicted octanol–water partition coefficient (Wildman–Crippen LogP) is 1.09. The molecule has 138 valence electrons. The Labute approximate surface area is 148 Å². The van der Waals surface area contributed by atoms with Crippen molar-refractivity contribution >= 4 is 23.4 Å². The van der Waals surface area contributed by atoms with Gasteiger partial charge in [0.2, 0.25) is 17.7 Å². The van der Waals surface area contributed by atoms with Crippen LogP contribution in [0.4, 0.5) is 5.69 Å². The highest BCUT2D eigenvalue weighted by Gasteiger charge is 2.18. The second kappa shape index (κ2) is 9.78. The van der Waals surface area contributed by atoms with Crippen molar-refractivity contribution in [3.05, 3.63) is 29.8 Å². The third-order valence-corrected chi connectivity index (χ3v) is 3.92. The highest BCUT2D eigenvalue weighted by atomic mass is 16.2. The Balaban J connectivity index is 2.69. The Morgan fingerprint density at radius 2 is 1.84 bits per heavy atom. The van der Waals surface area contributed by atoms with Crippen molar-refractivity contribution in [2.45, 2.75) is 40.3 Å². The van der Waals surface area contributed by atoms with Crippen LogP contribution in [0.25, 0.3) is 0 Å². The zero-order chi connectivity index (χ0) is 19.0. The summed E-state index contributed by atoms with van der Waals surface area (Å²) in [6.07, 6.45) is 0. The molecule has 1 rings (SSSR count). The summed E-state index contributed by atoms with van der Waals surface area (Å²) in [6, 6.07) is 6.63. The van der Waals surface area contributed by atoms with E-state index in [1.165, 1.54) is 6.92 Å². The van der Waals surface area contributed by atoms with Crippen molar-refractivity contribution in [2.75, 3.05) is 18.4 Å². The number of rotatable bonds is 8. The minimum absolute atomic E-state index is 0.00426. The normalized spacial score (nSPS) is 11.8. The molecule has 0 aliphatic carbocycles. The molecule has 0 spiro atoms. The minimum atomic E-state index is -0.645. The second-order valence-electron chi connectivity index (χ2n) is 6.23. The lowest BCUT2D eigenvalue weighted by molar-refractivity contribution is -0.129. The molecular weight excluding hydrogens is 320 g/mol. The average molecular weight is 348 g/mol. The van der Waals surface area contributed by atoms with Crippen LogP contribution in [-0.4, -0.2) is 41.8 Å². The molecule has 0 aromatic heterocycles. The summed E-state index contributed by atoms with van der Waals surface area (Å²) in [5.74, 6) is -0.733. The number of carbonyl (C=O) groups is 3. The van der Waals surface area contributed by atoms with Crippen LogP contribution in [0.2, 0.25) is 0 Å². The molecule has 0 saturated heterocycles. The lowest BCUT2D eigenvalue weighted by Crippen LogP contribution is -2.46. The number of anilines is 1. The number of nitrogens with one attached hydrogen (secondary N) is 2. The standard InChI is InChI=1S/C18H28N4O3/c1-5-22(13(4)23)11-14-8-6-7-9-15(14)21-16(24)10-20-18(25)17(19)12(2)3/h6-9,12,17H,5,10-11,19H2,1-4H3,(H,20,25)(H,21,24)/t17-/m0/s1. The summed E-state index contributed by atoms with van der Waals surface area (Å²) < 4.78 is 0. The van der Waals surface area contributed by atoms with Crippen LogP contribution in [0.5, 0.6) is 0 Å². The van der Waals surface area contributed by atoms with Crippen molar-refractivity contribution in [2.24, 2.45) is 11.7 Å². The Morgan fingerprint density at radius 1 is 1.20 bits per heavy atom. The number of nitrogens with two attached hydrogens (primary N) is 1. The van der Waals surface area contributed by atoms with Gasteiger partial charge >= 0.3 is 0 Å². The van der Waals surface area contributed by atoms with E-state index in [1.54, 1.807) is 17.0 Å². The van der Waals surface area contributed by atoms with Gasteiger partial charge in [0.25, 0.3) is 0 Å². The number of benzene rings is 1. The molecular formula is C18H28N4O3. The quantitative estimate of drug-likeness (QED) is 0.654. The monoisotopic (exact) mass is 348 g/mol. The first kappa shape index (κ1) is 20.6. The van der Waals surface area contributed by atoms with Gasteiger partial charge in [-0.1, -0.05) is 32.0 Å². The van der Waals surface area contributed by atoms with Gasteiger partial charge in [-0.05, 0) is 24.5 Å². The summed E-state index contributed by atoms with van der Waals surface area (Å²) in [4.78, 5) is 37.2. The van der Waals surface area contributed by atoms with Crippen LogP contribution in [0, 0.1) is 5.92 Å².